The summed E-state index contributed by atoms with van der Waals surface area (Å²) in [6.07, 6.45) is -0.00477. The van der Waals surface area contributed by atoms with Crippen LogP contribution < -0.4 is 4.74 Å². The average Bonchev–Trinajstić information content (AvgIpc) is 2.86. The van der Waals surface area contributed by atoms with Crippen LogP contribution in [0.25, 0.3) is 10.9 Å². The molecule has 2 N–H and O–H groups in total. The van der Waals surface area contributed by atoms with Gasteiger partial charge in [-0.05, 0) is 38.1 Å². The molecule has 124 valence electrons. The zero-order valence-corrected chi connectivity index (χ0v) is 13.6. The predicted octanol–water partition coefficient (Wildman–Crippen LogP) is 1.79. The first-order chi connectivity index (χ1) is 10.9. The van der Waals surface area contributed by atoms with Crippen LogP contribution in [0.3, 0.4) is 0 Å². The first kappa shape index (κ1) is 15.8. The number of methoxy groups -OCH3 is 1. The van der Waals surface area contributed by atoms with Crippen molar-refractivity contribution in [2.75, 3.05) is 26.8 Å². The first-order valence-corrected chi connectivity index (χ1v) is 7.66. The molecule has 1 aromatic heterocycles. The highest BCUT2D eigenvalue weighted by molar-refractivity contribution is 5.98. The van der Waals surface area contributed by atoms with E-state index in [2.05, 4.69) is 4.98 Å². The molecule has 1 amide bonds. The second-order valence-electron chi connectivity index (χ2n) is 6.59. The van der Waals surface area contributed by atoms with E-state index in [0.717, 1.165) is 16.7 Å². The monoisotopic (exact) mass is 318 g/mol. The number of amides is 1. The lowest BCUT2D eigenvalue weighted by Crippen LogP contribution is -2.55. The second kappa shape index (κ2) is 5.86. The van der Waals surface area contributed by atoms with Crippen molar-refractivity contribution in [1.82, 2.24) is 9.88 Å². The Kier molecular flexibility index (Phi) is 4.04. The molecule has 23 heavy (non-hydrogen) atoms. The number of aromatic amines is 1. The zero-order valence-electron chi connectivity index (χ0n) is 13.6. The molecule has 2 heterocycles. The van der Waals surface area contributed by atoms with E-state index >= 15 is 0 Å². The number of hydrogen-bond donors (Lipinski definition) is 2. The fraction of sp³-hybridized carbons (Fsp3) is 0.471. The molecule has 0 aliphatic carbocycles. The van der Waals surface area contributed by atoms with E-state index in [9.17, 15) is 9.90 Å². The number of carbonyl (C=O) groups is 1. The van der Waals surface area contributed by atoms with Gasteiger partial charge >= 0.3 is 0 Å². The third kappa shape index (κ3) is 3.48. The van der Waals surface area contributed by atoms with Gasteiger partial charge in [0.15, 0.2) is 0 Å². The van der Waals surface area contributed by atoms with Crippen molar-refractivity contribution >= 4 is 16.8 Å². The minimum atomic E-state index is -0.847. The van der Waals surface area contributed by atoms with Crippen molar-refractivity contribution in [3.63, 3.8) is 0 Å². The number of fused-ring (bicyclic) bond motifs is 1. The number of carbonyl (C=O) groups excluding carboxylic acids is 1. The number of nitrogens with zero attached hydrogens (tertiary/aromatic N) is 1. The maximum absolute atomic E-state index is 12.5. The third-order valence-corrected chi connectivity index (χ3v) is 3.87. The van der Waals surface area contributed by atoms with Gasteiger partial charge in [0.1, 0.15) is 11.4 Å². The van der Waals surface area contributed by atoms with Gasteiger partial charge in [-0.3, -0.25) is 4.79 Å². The Morgan fingerprint density at radius 2 is 2.13 bits per heavy atom. The van der Waals surface area contributed by atoms with Gasteiger partial charge in [0.2, 0.25) is 0 Å². The van der Waals surface area contributed by atoms with Gasteiger partial charge in [-0.1, -0.05) is 0 Å². The highest BCUT2D eigenvalue weighted by atomic mass is 16.5. The molecule has 0 saturated carbocycles. The van der Waals surface area contributed by atoms with Gasteiger partial charge in [0.25, 0.3) is 5.91 Å². The molecule has 6 nitrogen and oxygen atoms in total. The number of H-pyrrole nitrogens is 1. The van der Waals surface area contributed by atoms with E-state index < -0.39 is 5.60 Å². The third-order valence-electron chi connectivity index (χ3n) is 3.87. The largest absolute Gasteiger partial charge is 0.497 e. The van der Waals surface area contributed by atoms with Gasteiger partial charge in [-0.25, -0.2) is 0 Å². The summed E-state index contributed by atoms with van der Waals surface area (Å²) in [5, 5.41) is 10.6. The van der Waals surface area contributed by atoms with Crippen molar-refractivity contribution in [3.8, 4) is 5.75 Å². The summed E-state index contributed by atoms with van der Waals surface area (Å²) in [5.41, 5.74) is 0.624. The lowest BCUT2D eigenvalue weighted by Gasteiger charge is -2.39. The molecule has 2 aromatic rings. The van der Waals surface area contributed by atoms with Crippen LogP contribution in [0.15, 0.2) is 24.3 Å². The number of nitrogens with one attached hydrogen (secondary N) is 1. The molecule has 1 saturated heterocycles. The summed E-state index contributed by atoms with van der Waals surface area (Å²) in [7, 11) is 1.62. The standard InChI is InChI=1S/C17H22N2O4/c1-17(2,21)10-23-13-8-19(9-13)16(20)15-7-11-6-12(22-3)4-5-14(11)18-15/h4-7,13,18,21H,8-10H2,1-3H3. The van der Waals surface area contributed by atoms with Crippen LogP contribution >= 0.6 is 0 Å². The van der Waals surface area contributed by atoms with Crippen LogP contribution in [-0.2, 0) is 4.74 Å². The summed E-state index contributed by atoms with van der Waals surface area (Å²) in [4.78, 5) is 17.3. The van der Waals surface area contributed by atoms with Crippen molar-refractivity contribution in [2.24, 2.45) is 0 Å². The molecule has 1 aliphatic heterocycles. The summed E-state index contributed by atoms with van der Waals surface area (Å²) in [6.45, 7) is 4.77. The Balaban J connectivity index is 1.61. The minimum Gasteiger partial charge on any atom is -0.497 e. The topological polar surface area (TPSA) is 74.8 Å². The number of ether oxygens (including phenoxy) is 2. The van der Waals surface area contributed by atoms with E-state index in [0.29, 0.717) is 18.8 Å². The maximum atomic E-state index is 12.5. The molecule has 1 aromatic carbocycles. The molecule has 0 bridgehead atoms. The summed E-state index contributed by atoms with van der Waals surface area (Å²) < 4.78 is 10.8. The minimum absolute atomic E-state index is 0.00477. The van der Waals surface area contributed by atoms with Gasteiger partial charge in [-0.2, -0.15) is 0 Å². The van der Waals surface area contributed by atoms with Crippen LogP contribution in [-0.4, -0.2) is 59.4 Å². The molecule has 1 fully saturated rings. The number of aromatic nitrogens is 1. The highest BCUT2D eigenvalue weighted by Gasteiger charge is 2.33. The zero-order chi connectivity index (χ0) is 16.6. The highest BCUT2D eigenvalue weighted by Crippen LogP contribution is 2.23. The van der Waals surface area contributed by atoms with E-state index in [1.807, 2.05) is 24.3 Å². The Labute approximate surface area is 135 Å². The number of aliphatic hydroxyl groups is 1. The Morgan fingerprint density at radius 3 is 2.78 bits per heavy atom. The van der Waals surface area contributed by atoms with Crippen LogP contribution in [0.5, 0.6) is 5.75 Å². The molecule has 1 aliphatic rings. The van der Waals surface area contributed by atoms with Crippen LogP contribution in [0, 0.1) is 0 Å². The molecule has 0 atom stereocenters. The number of likely N-dealkylation sites (tertiary alicyclic amines) is 1. The van der Waals surface area contributed by atoms with Crippen LogP contribution in [0.1, 0.15) is 24.3 Å². The number of rotatable bonds is 5. The summed E-state index contributed by atoms with van der Waals surface area (Å²) in [5.74, 6) is 0.725. The van der Waals surface area contributed by atoms with E-state index in [-0.39, 0.29) is 18.6 Å². The van der Waals surface area contributed by atoms with E-state index in [4.69, 9.17) is 9.47 Å². The summed E-state index contributed by atoms with van der Waals surface area (Å²) >= 11 is 0. The van der Waals surface area contributed by atoms with Crippen LogP contribution in [0.2, 0.25) is 0 Å². The van der Waals surface area contributed by atoms with Crippen molar-refractivity contribution in [3.05, 3.63) is 30.0 Å². The lowest BCUT2D eigenvalue weighted by atomic mass is 10.1. The fourth-order valence-electron chi connectivity index (χ4n) is 2.55. The molecular weight excluding hydrogens is 296 g/mol. The first-order valence-electron chi connectivity index (χ1n) is 7.66. The van der Waals surface area contributed by atoms with Gasteiger partial charge in [0, 0.05) is 24.0 Å². The quantitative estimate of drug-likeness (QED) is 0.881. The molecule has 6 heteroatoms. The molecular formula is C17H22N2O4. The van der Waals surface area contributed by atoms with Gasteiger partial charge in [0.05, 0.1) is 25.4 Å². The molecule has 0 radical (unpaired) electrons. The van der Waals surface area contributed by atoms with E-state index in [1.165, 1.54) is 0 Å². The average molecular weight is 318 g/mol. The molecule has 3 rings (SSSR count). The molecule has 0 unspecified atom stereocenters. The van der Waals surface area contributed by atoms with Crippen molar-refractivity contribution in [1.29, 1.82) is 0 Å². The Bertz CT molecular complexity index is 711. The van der Waals surface area contributed by atoms with Crippen LogP contribution in [0.4, 0.5) is 0 Å². The molecule has 0 spiro atoms. The Hall–Kier alpha value is -2.05. The predicted molar refractivity (Wildman–Crippen MR) is 86.8 cm³/mol. The lowest BCUT2D eigenvalue weighted by molar-refractivity contribution is -0.0943. The fourth-order valence-corrected chi connectivity index (χ4v) is 2.55. The van der Waals surface area contributed by atoms with Gasteiger partial charge < -0.3 is 24.5 Å². The Morgan fingerprint density at radius 1 is 1.39 bits per heavy atom. The summed E-state index contributed by atoms with van der Waals surface area (Å²) in [6, 6.07) is 7.49. The number of benzene rings is 1. The van der Waals surface area contributed by atoms with Crippen molar-refractivity contribution < 1.29 is 19.4 Å². The number of hydrogen-bond acceptors (Lipinski definition) is 4. The smallest absolute Gasteiger partial charge is 0.270 e. The SMILES string of the molecule is COc1ccc2[nH]c(C(=O)N3CC(OCC(C)(C)O)C3)cc2c1. The second-order valence-corrected chi connectivity index (χ2v) is 6.59. The van der Waals surface area contributed by atoms with Gasteiger partial charge in [-0.15, -0.1) is 0 Å². The van der Waals surface area contributed by atoms with E-state index in [1.54, 1.807) is 25.9 Å². The normalized spacial score (nSPS) is 15.7. The van der Waals surface area contributed by atoms with Crippen molar-refractivity contribution in [2.45, 2.75) is 25.6 Å². The maximum Gasteiger partial charge on any atom is 0.270 e.